The highest BCUT2D eigenvalue weighted by atomic mass is 35.5. The summed E-state index contributed by atoms with van der Waals surface area (Å²) in [6.07, 6.45) is 1.60. The van der Waals surface area contributed by atoms with Crippen LogP contribution in [0, 0.1) is 12.7 Å². The van der Waals surface area contributed by atoms with Crippen molar-refractivity contribution >= 4 is 23.2 Å². The predicted molar refractivity (Wildman–Crippen MR) is 98.8 cm³/mol. The van der Waals surface area contributed by atoms with Gasteiger partial charge in [-0.1, -0.05) is 22.0 Å². The standard InChI is InChI=1S/C18H12ClFN6O2/c1-10-8-12(4-7-14(10)20)21-17(27)18-22-16(24-28-18)15-9-26(25-23-15)13-5-2-11(19)3-6-13/h2-9H,1H3,(H,21,27). The van der Waals surface area contributed by atoms with Gasteiger partial charge in [0.2, 0.25) is 5.82 Å². The normalized spacial score (nSPS) is 10.8. The first-order chi connectivity index (χ1) is 13.5. The van der Waals surface area contributed by atoms with E-state index >= 15 is 0 Å². The molecule has 140 valence electrons. The fourth-order valence-corrected chi connectivity index (χ4v) is 2.54. The van der Waals surface area contributed by atoms with Crippen LogP contribution in [-0.4, -0.2) is 31.0 Å². The zero-order valence-corrected chi connectivity index (χ0v) is 15.2. The van der Waals surface area contributed by atoms with Gasteiger partial charge < -0.3 is 9.84 Å². The molecular formula is C18H12ClFN6O2. The van der Waals surface area contributed by atoms with Crippen molar-refractivity contribution in [3.05, 3.63) is 71.0 Å². The van der Waals surface area contributed by atoms with E-state index in [1.54, 1.807) is 37.4 Å². The maximum Gasteiger partial charge on any atom is 0.316 e. The summed E-state index contributed by atoms with van der Waals surface area (Å²) in [5, 5.41) is 14.9. The molecule has 1 N–H and O–H groups in total. The molecule has 2 heterocycles. The largest absolute Gasteiger partial charge is 0.328 e. The topological polar surface area (TPSA) is 98.7 Å². The number of amides is 1. The van der Waals surface area contributed by atoms with Crippen LogP contribution in [0.15, 0.2) is 53.2 Å². The lowest BCUT2D eigenvalue weighted by atomic mass is 10.2. The fourth-order valence-electron chi connectivity index (χ4n) is 2.41. The van der Waals surface area contributed by atoms with Gasteiger partial charge in [0, 0.05) is 10.7 Å². The first-order valence-electron chi connectivity index (χ1n) is 8.09. The van der Waals surface area contributed by atoms with Crippen LogP contribution >= 0.6 is 11.6 Å². The van der Waals surface area contributed by atoms with Gasteiger partial charge in [0.25, 0.3) is 0 Å². The third-order valence-electron chi connectivity index (χ3n) is 3.85. The van der Waals surface area contributed by atoms with Crippen LogP contribution in [0.2, 0.25) is 5.02 Å². The zero-order chi connectivity index (χ0) is 19.7. The lowest BCUT2D eigenvalue weighted by Crippen LogP contribution is -2.12. The van der Waals surface area contributed by atoms with Gasteiger partial charge in [0.05, 0.1) is 11.9 Å². The van der Waals surface area contributed by atoms with E-state index in [4.69, 9.17) is 16.1 Å². The van der Waals surface area contributed by atoms with Crippen LogP contribution in [0.1, 0.15) is 16.2 Å². The summed E-state index contributed by atoms with van der Waals surface area (Å²) in [5.41, 5.74) is 1.90. The number of aromatic nitrogens is 5. The molecule has 2 aromatic carbocycles. The van der Waals surface area contributed by atoms with E-state index in [1.807, 2.05) is 0 Å². The Morgan fingerprint density at radius 2 is 2.00 bits per heavy atom. The Hall–Kier alpha value is -3.59. The third kappa shape index (κ3) is 3.60. The second-order valence-electron chi connectivity index (χ2n) is 5.87. The average molecular weight is 399 g/mol. The summed E-state index contributed by atoms with van der Waals surface area (Å²) in [6, 6.07) is 11.2. The molecule has 8 nitrogen and oxygen atoms in total. The molecule has 10 heteroatoms. The fraction of sp³-hybridized carbons (Fsp3) is 0.0556. The number of halogens is 2. The van der Waals surface area contributed by atoms with Crippen molar-refractivity contribution in [2.24, 2.45) is 0 Å². The Bertz CT molecular complexity index is 1160. The minimum atomic E-state index is -0.616. The molecule has 0 aliphatic heterocycles. The SMILES string of the molecule is Cc1cc(NC(=O)c2nc(-c3cn(-c4ccc(Cl)cc4)nn3)no2)ccc1F. The molecule has 0 spiro atoms. The van der Waals surface area contributed by atoms with Gasteiger partial charge >= 0.3 is 11.8 Å². The van der Waals surface area contributed by atoms with Gasteiger partial charge in [0.1, 0.15) is 5.82 Å². The molecule has 0 radical (unpaired) electrons. The lowest BCUT2D eigenvalue weighted by molar-refractivity contribution is 0.0981. The Balaban J connectivity index is 1.52. The number of anilines is 1. The molecular weight excluding hydrogens is 387 g/mol. The summed E-state index contributed by atoms with van der Waals surface area (Å²) in [5.74, 6) is -1.12. The van der Waals surface area contributed by atoms with E-state index in [-0.39, 0.29) is 17.5 Å². The van der Waals surface area contributed by atoms with E-state index in [9.17, 15) is 9.18 Å². The van der Waals surface area contributed by atoms with Gasteiger partial charge in [-0.2, -0.15) is 4.98 Å². The van der Waals surface area contributed by atoms with Gasteiger partial charge in [-0.25, -0.2) is 9.07 Å². The van der Waals surface area contributed by atoms with Crippen LogP contribution in [0.4, 0.5) is 10.1 Å². The van der Waals surface area contributed by atoms with Crippen LogP contribution in [0.5, 0.6) is 0 Å². The highest BCUT2D eigenvalue weighted by molar-refractivity contribution is 6.30. The van der Waals surface area contributed by atoms with Crippen molar-refractivity contribution < 1.29 is 13.7 Å². The van der Waals surface area contributed by atoms with Gasteiger partial charge in [0.15, 0.2) is 5.69 Å². The number of nitrogens with one attached hydrogen (secondary N) is 1. The summed E-state index contributed by atoms with van der Waals surface area (Å²) in [4.78, 5) is 16.3. The number of rotatable bonds is 4. The van der Waals surface area contributed by atoms with Crippen molar-refractivity contribution in [1.82, 2.24) is 25.1 Å². The summed E-state index contributed by atoms with van der Waals surface area (Å²) in [6.45, 7) is 1.60. The van der Waals surface area contributed by atoms with E-state index in [0.717, 1.165) is 5.69 Å². The molecule has 0 saturated heterocycles. The molecule has 0 saturated carbocycles. The lowest BCUT2D eigenvalue weighted by Gasteiger charge is -2.03. The van der Waals surface area contributed by atoms with Crippen LogP contribution in [-0.2, 0) is 0 Å². The first kappa shape index (κ1) is 17.8. The molecule has 0 fully saturated rings. The Morgan fingerprint density at radius 1 is 1.21 bits per heavy atom. The highest BCUT2D eigenvalue weighted by Gasteiger charge is 2.18. The third-order valence-corrected chi connectivity index (χ3v) is 4.10. The molecule has 2 aromatic heterocycles. The van der Waals surface area contributed by atoms with E-state index in [0.29, 0.717) is 22.0 Å². The molecule has 0 unspecified atom stereocenters. The number of carbonyl (C=O) groups excluding carboxylic acids is 1. The number of benzene rings is 2. The zero-order valence-electron chi connectivity index (χ0n) is 14.4. The van der Waals surface area contributed by atoms with Crippen molar-refractivity contribution in [2.75, 3.05) is 5.32 Å². The van der Waals surface area contributed by atoms with Gasteiger partial charge in [-0.05, 0) is 55.0 Å². The Labute approximate surface area is 162 Å². The molecule has 0 aliphatic carbocycles. The second kappa shape index (κ2) is 7.20. The molecule has 1 amide bonds. The number of hydrogen-bond acceptors (Lipinski definition) is 6. The molecule has 4 rings (SSSR count). The van der Waals surface area contributed by atoms with Gasteiger partial charge in [-0.15, -0.1) is 5.10 Å². The quantitative estimate of drug-likeness (QED) is 0.563. The summed E-state index contributed by atoms with van der Waals surface area (Å²) >= 11 is 5.87. The predicted octanol–water partition coefficient (Wildman–Crippen LogP) is 3.67. The number of nitrogens with zero attached hydrogens (tertiary/aromatic N) is 5. The van der Waals surface area contributed by atoms with Crippen molar-refractivity contribution in [3.8, 4) is 17.2 Å². The van der Waals surface area contributed by atoms with E-state index in [1.165, 1.54) is 22.9 Å². The monoisotopic (exact) mass is 398 g/mol. The van der Waals surface area contributed by atoms with Gasteiger partial charge in [-0.3, -0.25) is 4.79 Å². The number of carbonyl (C=O) groups is 1. The van der Waals surface area contributed by atoms with Crippen LogP contribution in [0.25, 0.3) is 17.2 Å². The van der Waals surface area contributed by atoms with E-state index in [2.05, 4.69) is 25.8 Å². The van der Waals surface area contributed by atoms with Crippen LogP contribution < -0.4 is 5.32 Å². The average Bonchev–Trinajstić information content (AvgIpc) is 3.35. The molecule has 0 bridgehead atoms. The molecule has 28 heavy (non-hydrogen) atoms. The maximum atomic E-state index is 13.3. The number of hydrogen-bond donors (Lipinski definition) is 1. The minimum absolute atomic E-state index is 0.112. The Morgan fingerprint density at radius 3 is 2.75 bits per heavy atom. The van der Waals surface area contributed by atoms with Crippen molar-refractivity contribution in [3.63, 3.8) is 0 Å². The molecule has 0 atom stereocenters. The maximum absolute atomic E-state index is 13.3. The second-order valence-corrected chi connectivity index (χ2v) is 6.30. The molecule has 0 aliphatic rings. The molecule has 4 aromatic rings. The highest BCUT2D eigenvalue weighted by Crippen LogP contribution is 2.18. The minimum Gasteiger partial charge on any atom is -0.328 e. The number of aryl methyl sites for hydroxylation is 1. The first-order valence-corrected chi connectivity index (χ1v) is 8.47. The Kier molecular flexibility index (Phi) is 4.58. The summed E-state index contributed by atoms with van der Waals surface area (Å²) in [7, 11) is 0. The van der Waals surface area contributed by atoms with E-state index < -0.39 is 5.91 Å². The summed E-state index contributed by atoms with van der Waals surface area (Å²) < 4.78 is 19.8. The smallest absolute Gasteiger partial charge is 0.316 e. The van der Waals surface area contributed by atoms with Crippen molar-refractivity contribution in [1.29, 1.82) is 0 Å². The van der Waals surface area contributed by atoms with Crippen molar-refractivity contribution in [2.45, 2.75) is 6.92 Å². The van der Waals surface area contributed by atoms with Crippen LogP contribution in [0.3, 0.4) is 0 Å².